The largest absolute Gasteiger partial charge is 0.486 e. The maximum absolute atomic E-state index is 12.5. The number of hydrogen-bond donors (Lipinski definition) is 1. The molecule has 0 saturated heterocycles. The van der Waals surface area contributed by atoms with Crippen molar-refractivity contribution in [1.29, 1.82) is 0 Å². The average molecular weight is 430 g/mol. The predicted octanol–water partition coefficient (Wildman–Crippen LogP) is 4.64. The van der Waals surface area contributed by atoms with E-state index in [9.17, 15) is 4.79 Å². The first kappa shape index (κ1) is 19.7. The van der Waals surface area contributed by atoms with Gasteiger partial charge in [-0.15, -0.1) is 0 Å². The molecule has 0 saturated carbocycles. The van der Waals surface area contributed by atoms with Gasteiger partial charge in [-0.2, -0.15) is 0 Å². The first-order valence-corrected chi connectivity index (χ1v) is 10.5. The van der Waals surface area contributed by atoms with Gasteiger partial charge in [0.15, 0.2) is 16.7 Å². The van der Waals surface area contributed by atoms with Gasteiger partial charge in [-0.3, -0.25) is 9.36 Å². The van der Waals surface area contributed by atoms with Crippen molar-refractivity contribution >= 4 is 35.0 Å². The van der Waals surface area contributed by atoms with Crippen molar-refractivity contribution in [2.45, 2.75) is 19.0 Å². The summed E-state index contributed by atoms with van der Waals surface area (Å²) in [6.07, 6.45) is 3.62. The number of benzene rings is 2. The van der Waals surface area contributed by atoms with Crippen molar-refractivity contribution in [1.82, 2.24) is 9.55 Å². The Balaban J connectivity index is 1.43. The molecule has 1 amide bonds. The van der Waals surface area contributed by atoms with Crippen molar-refractivity contribution in [2.75, 3.05) is 24.3 Å². The molecule has 1 aliphatic heterocycles. The molecular formula is C21H20ClN3O3S. The summed E-state index contributed by atoms with van der Waals surface area (Å²) in [5.74, 6) is 1.19. The van der Waals surface area contributed by atoms with Crippen molar-refractivity contribution in [3.05, 3.63) is 58.9 Å². The van der Waals surface area contributed by atoms with E-state index in [0.29, 0.717) is 35.4 Å². The Bertz CT molecular complexity index is 1070. The fraction of sp³-hybridized carbons (Fsp3) is 0.238. The number of nitrogens with zero attached hydrogens (tertiary/aromatic N) is 2. The van der Waals surface area contributed by atoms with Gasteiger partial charge in [-0.1, -0.05) is 29.4 Å². The van der Waals surface area contributed by atoms with Crippen LogP contribution in [0.25, 0.3) is 5.69 Å². The molecule has 4 rings (SSSR count). The summed E-state index contributed by atoms with van der Waals surface area (Å²) >= 11 is 7.63. The van der Waals surface area contributed by atoms with E-state index in [1.807, 2.05) is 16.8 Å². The second-order valence-corrected chi connectivity index (χ2v) is 8.01. The Labute approximate surface area is 178 Å². The van der Waals surface area contributed by atoms with Crippen LogP contribution in [0.5, 0.6) is 11.5 Å². The third-order valence-electron chi connectivity index (χ3n) is 4.61. The van der Waals surface area contributed by atoms with Gasteiger partial charge >= 0.3 is 0 Å². The van der Waals surface area contributed by atoms with E-state index in [-0.39, 0.29) is 11.7 Å². The van der Waals surface area contributed by atoms with E-state index >= 15 is 0 Å². The van der Waals surface area contributed by atoms with Crippen LogP contribution in [-0.2, 0) is 4.79 Å². The first-order chi connectivity index (χ1) is 14.0. The van der Waals surface area contributed by atoms with Gasteiger partial charge < -0.3 is 14.8 Å². The van der Waals surface area contributed by atoms with E-state index in [4.69, 9.17) is 21.1 Å². The molecule has 0 radical (unpaired) electrons. The summed E-state index contributed by atoms with van der Waals surface area (Å²) < 4.78 is 13.0. The molecule has 0 unspecified atom stereocenters. The molecule has 3 aromatic rings. The fourth-order valence-electron chi connectivity index (χ4n) is 2.94. The maximum Gasteiger partial charge on any atom is 0.234 e. The van der Waals surface area contributed by atoms with Crippen LogP contribution in [0, 0.1) is 13.8 Å². The van der Waals surface area contributed by atoms with E-state index < -0.39 is 0 Å². The van der Waals surface area contributed by atoms with Gasteiger partial charge in [-0.25, -0.2) is 4.98 Å². The lowest BCUT2D eigenvalue weighted by Gasteiger charge is -2.20. The van der Waals surface area contributed by atoms with E-state index in [1.165, 1.54) is 22.9 Å². The number of amides is 1. The molecule has 0 spiro atoms. The Hall–Kier alpha value is -2.64. The molecule has 0 fully saturated rings. The van der Waals surface area contributed by atoms with Crippen molar-refractivity contribution in [3.63, 3.8) is 0 Å². The summed E-state index contributed by atoms with van der Waals surface area (Å²) in [5, 5.41) is 3.99. The minimum absolute atomic E-state index is 0.178. The Morgan fingerprint density at radius 2 is 1.93 bits per heavy atom. The molecule has 8 heteroatoms. The number of nitrogens with one attached hydrogen (secondary N) is 1. The molecule has 0 bridgehead atoms. The zero-order valence-corrected chi connectivity index (χ0v) is 17.6. The molecule has 0 aliphatic carbocycles. The molecule has 150 valence electrons. The van der Waals surface area contributed by atoms with E-state index in [1.54, 1.807) is 18.3 Å². The summed E-state index contributed by atoms with van der Waals surface area (Å²) in [7, 11) is 0. The first-order valence-electron chi connectivity index (χ1n) is 9.14. The van der Waals surface area contributed by atoms with Crippen LogP contribution in [0.4, 0.5) is 5.69 Å². The van der Waals surface area contributed by atoms with Crippen LogP contribution >= 0.6 is 23.4 Å². The van der Waals surface area contributed by atoms with Crippen LogP contribution < -0.4 is 14.8 Å². The molecular weight excluding hydrogens is 410 g/mol. The van der Waals surface area contributed by atoms with Crippen molar-refractivity contribution < 1.29 is 14.3 Å². The standard InChI is InChI=1S/C21H20ClN3O3S/c1-13-3-4-15(9-14(13)2)25-6-5-23-21(25)29-12-20(26)24-17-11-19-18(10-16(17)22)27-7-8-28-19/h3-6,9-11H,7-8,12H2,1-2H3,(H,24,26). The molecule has 1 aromatic heterocycles. The normalized spacial score (nSPS) is 12.7. The second kappa shape index (κ2) is 8.39. The molecule has 2 aromatic carbocycles. The highest BCUT2D eigenvalue weighted by Gasteiger charge is 2.17. The minimum atomic E-state index is -0.178. The summed E-state index contributed by atoms with van der Waals surface area (Å²) in [4.78, 5) is 16.9. The number of thioether (sulfide) groups is 1. The van der Waals surface area contributed by atoms with Gasteiger partial charge in [0.05, 0.1) is 16.5 Å². The van der Waals surface area contributed by atoms with Crippen LogP contribution in [0.15, 0.2) is 47.9 Å². The lowest BCUT2D eigenvalue weighted by atomic mass is 10.1. The Morgan fingerprint density at radius 3 is 2.69 bits per heavy atom. The van der Waals surface area contributed by atoms with Crippen LogP contribution in [0.2, 0.25) is 5.02 Å². The Kier molecular flexibility index (Phi) is 5.69. The number of halogens is 1. The van der Waals surface area contributed by atoms with Crippen molar-refractivity contribution in [3.8, 4) is 17.2 Å². The zero-order valence-electron chi connectivity index (χ0n) is 16.1. The minimum Gasteiger partial charge on any atom is -0.486 e. The molecule has 1 N–H and O–H groups in total. The molecule has 29 heavy (non-hydrogen) atoms. The highest BCUT2D eigenvalue weighted by Crippen LogP contribution is 2.38. The fourth-order valence-corrected chi connectivity index (χ4v) is 3.92. The monoisotopic (exact) mass is 429 g/mol. The number of imidazole rings is 1. The average Bonchev–Trinajstić information content (AvgIpc) is 3.18. The number of carbonyl (C=O) groups excluding carboxylic acids is 1. The third-order valence-corrected chi connectivity index (χ3v) is 5.89. The number of carbonyl (C=O) groups is 1. The maximum atomic E-state index is 12.5. The number of rotatable bonds is 5. The number of aryl methyl sites for hydroxylation is 2. The molecule has 6 nitrogen and oxygen atoms in total. The summed E-state index contributed by atoms with van der Waals surface area (Å²) in [6, 6.07) is 9.58. The van der Waals surface area contributed by atoms with Gasteiger partial charge in [0.1, 0.15) is 13.2 Å². The SMILES string of the molecule is Cc1ccc(-n2ccnc2SCC(=O)Nc2cc3c(cc2Cl)OCCO3)cc1C. The number of anilines is 1. The Morgan fingerprint density at radius 1 is 1.17 bits per heavy atom. The van der Waals surface area contributed by atoms with Crippen LogP contribution in [0.1, 0.15) is 11.1 Å². The smallest absolute Gasteiger partial charge is 0.234 e. The second-order valence-electron chi connectivity index (χ2n) is 6.66. The summed E-state index contributed by atoms with van der Waals surface area (Å²) in [5.41, 5.74) is 3.96. The quantitative estimate of drug-likeness (QED) is 0.598. The van der Waals surface area contributed by atoms with Gasteiger partial charge in [-0.05, 0) is 37.1 Å². The molecule has 1 aliphatic rings. The third kappa shape index (κ3) is 4.36. The lowest BCUT2D eigenvalue weighted by molar-refractivity contribution is -0.113. The number of aromatic nitrogens is 2. The van der Waals surface area contributed by atoms with Gasteiger partial charge in [0.2, 0.25) is 5.91 Å². The van der Waals surface area contributed by atoms with Gasteiger partial charge in [0.25, 0.3) is 0 Å². The van der Waals surface area contributed by atoms with Gasteiger partial charge in [0, 0.05) is 30.2 Å². The highest BCUT2D eigenvalue weighted by molar-refractivity contribution is 7.99. The molecule has 2 heterocycles. The highest BCUT2D eigenvalue weighted by atomic mass is 35.5. The number of hydrogen-bond acceptors (Lipinski definition) is 5. The zero-order chi connectivity index (χ0) is 20.4. The predicted molar refractivity (Wildman–Crippen MR) is 115 cm³/mol. The molecule has 0 atom stereocenters. The lowest BCUT2D eigenvalue weighted by Crippen LogP contribution is -2.17. The number of fused-ring (bicyclic) bond motifs is 1. The van der Waals surface area contributed by atoms with Crippen LogP contribution in [-0.4, -0.2) is 34.4 Å². The number of ether oxygens (including phenoxy) is 2. The summed E-state index contributed by atoms with van der Waals surface area (Å²) in [6.45, 7) is 5.11. The van der Waals surface area contributed by atoms with E-state index in [2.05, 4.69) is 36.3 Å². The van der Waals surface area contributed by atoms with E-state index in [0.717, 1.165) is 10.8 Å². The van der Waals surface area contributed by atoms with Crippen LogP contribution in [0.3, 0.4) is 0 Å². The topological polar surface area (TPSA) is 65.4 Å². The van der Waals surface area contributed by atoms with Crippen molar-refractivity contribution in [2.24, 2.45) is 0 Å².